The quantitative estimate of drug-likeness (QED) is 0.368. The molecule has 2 heteroatoms. The third-order valence-corrected chi connectivity index (χ3v) is 1.18. The van der Waals surface area contributed by atoms with Gasteiger partial charge in [0.1, 0.15) is 0 Å². The predicted octanol–water partition coefficient (Wildman–Crippen LogP) is 0.737. The van der Waals surface area contributed by atoms with Gasteiger partial charge in [-0.2, -0.15) is 4.73 Å². The molecule has 0 aromatic carbocycles. The molecule has 1 rings (SSSR count). The standard InChI is InChI=1S/C7H8NO/c1-6-3-4-8(9)7(2)5-6/h4-5H,1-2H3. The van der Waals surface area contributed by atoms with Gasteiger partial charge in [0.15, 0.2) is 11.9 Å². The van der Waals surface area contributed by atoms with Gasteiger partial charge in [0.05, 0.1) is 6.07 Å². The topological polar surface area (TPSA) is 26.9 Å². The van der Waals surface area contributed by atoms with Gasteiger partial charge in [-0.05, 0) is 12.5 Å². The number of aryl methyl sites for hydroxylation is 2. The van der Waals surface area contributed by atoms with E-state index in [2.05, 4.69) is 6.07 Å². The lowest BCUT2D eigenvalue weighted by Gasteiger charge is -1.97. The van der Waals surface area contributed by atoms with Crippen molar-refractivity contribution >= 4 is 0 Å². The zero-order valence-corrected chi connectivity index (χ0v) is 5.51. The van der Waals surface area contributed by atoms with Gasteiger partial charge in [-0.3, -0.25) is 0 Å². The summed E-state index contributed by atoms with van der Waals surface area (Å²) in [4.78, 5) is 0. The second kappa shape index (κ2) is 2.05. The number of rotatable bonds is 0. The number of nitrogens with zero attached hydrogens (tertiary/aromatic N) is 1. The molecule has 0 bridgehead atoms. The molecule has 0 spiro atoms. The molecule has 1 heterocycles. The maximum atomic E-state index is 10.7. The Morgan fingerprint density at radius 2 is 2.22 bits per heavy atom. The third kappa shape index (κ3) is 1.19. The molecule has 0 unspecified atom stereocenters. The number of hydrogen-bond acceptors (Lipinski definition) is 1. The van der Waals surface area contributed by atoms with Gasteiger partial charge in [-0.1, -0.05) is 0 Å². The van der Waals surface area contributed by atoms with Crippen molar-refractivity contribution in [1.82, 2.24) is 0 Å². The molecule has 1 radical (unpaired) electrons. The van der Waals surface area contributed by atoms with Crippen molar-refractivity contribution in [2.45, 2.75) is 13.8 Å². The van der Waals surface area contributed by atoms with Crippen LogP contribution in [0.4, 0.5) is 0 Å². The fourth-order valence-corrected chi connectivity index (χ4v) is 0.681. The van der Waals surface area contributed by atoms with E-state index in [1.807, 2.05) is 6.92 Å². The van der Waals surface area contributed by atoms with E-state index in [0.29, 0.717) is 5.69 Å². The van der Waals surface area contributed by atoms with Crippen LogP contribution in [0.1, 0.15) is 11.3 Å². The van der Waals surface area contributed by atoms with Gasteiger partial charge in [0, 0.05) is 13.0 Å². The maximum Gasteiger partial charge on any atom is 0.189 e. The van der Waals surface area contributed by atoms with Crippen molar-refractivity contribution in [3.8, 4) is 0 Å². The van der Waals surface area contributed by atoms with E-state index in [9.17, 15) is 5.21 Å². The number of aromatic nitrogens is 1. The van der Waals surface area contributed by atoms with Crippen molar-refractivity contribution in [2.75, 3.05) is 0 Å². The van der Waals surface area contributed by atoms with Gasteiger partial charge in [-0.15, -0.1) is 0 Å². The molecule has 0 saturated heterocycles. The molecular weight excluding hydrogens is 114 g/mol. The molecule has 0 atom stereocenters. The largest absolute Gasteiger partial charge is 0.618 e. The molecule has 47 valence electrons. The van der Waals surface area contributed by atoms with Gasteiger partial charge in [0.2, 0.25) is 0 Å². The van der Waals surface area contributed by atoms with E-state index in [1.165, 1.54) is 6.20 Å². The van der Waals surface area contributed by atoms with Gasteiger partial charge in [-0.25, -0.2) is 0 Å². The first kappa shape index (κ1) is 6.08. The summed E-state index contributed by atoms with van der Waals surface area (Å²) in [5, 5.41) is 10.7. The number of pyridine rings is 1. The third-order valence-electron chi connectivity index (χ3n) is 1.18. The summed E-state index contributed by atoms with van der Waals surface area (Å²) in [6, 6.07) is 4.59. The van der Waals surface area contributed by atoms with Gasteiger partial charge >= 0.3 is 0 Å². The fourth-order valence-electron chi connectivity index (χ4n) is 0.681. The zero-order valence-electron chi connectivity index (χ0n) is 5.51. The Labute approximate surface area is 54.3 Å². The SMILES string of the molecule is Cc1[c]c[n+]([O-])c(C)c1. The van der Waals surface area contributed by atoms with Crippen LogP contribution in [0.3, 0.4) is 0 Å². The summed E-state index contributed by atoms with van der Waals surface area (Å²) < 4.78 is 0.799. The van der Waals surface area contributed by atoms with E-state index < -0.39 is 0 Å². The summed E-state index contributed by atoms with van der Waals surface area (Å²) in [7, 11) is 0. The van der Waals surface area contributed by atoms with Gasteiger partial charge in [0.25, 0.3) is 0 Å². The Morgan fingerprint density at radius 1 is 1.56 bits per heavy atom. The summed E-state index contributed by atoms with van der Waals surface area (Å²) >= 11 is 0. The molecule has 0 aliphatic carbocycles. The first-order valence-electron chi connectivity index (χ1n) is 2.78. The average Bonchev–Trinajstić information content (AvgIpc) is 1.80. The molecule has 2 nitrogen and oxygen atoms in total. The van der Waals surface area contributed by atoms with Crippen LogP contribution in [0.15, 0.2) is 12.3 Å². The molecule has 0 N–H and O–H groups in total. The molecule has 0 aliphatic heterocycles. The number of hydrogen-bond donors (Lipinski definition) is 0. The van der Waals surface area contributed by atoms with Crippen molar-refractivity contribution in [3.05, 3.63) is 34.8 Å². The Balaban J connectivity index is 3.17. The highest BCUT2D eigenvalue weighted by molar-refractivity contribution is 5.07. The van der Waals surface area contributed by atoms with Crippen LogP contribution in [0.5, 0.6) is 0 Å². The maximum absolute atomic E-state index is 10.7. The fraction of sp³-hybridized carbons (Fsp3) is 0.286. The molecule has 0 fully saturated rings. The lowest BCUT2D eigenvalue weighted by molar-refractivity contribution is -0.612. The molecular formula is C7H8NO. The average molecular weight is 122 g/mol. The minimum atomic E-state index is 0.714. The van der Waals surface area contributed by atoms with E-state index in [0.717, 1.165) is 10.3 Å². The van der Waals surface area contributed by atoms with Gasteiger partial charge < -0.3 is 5.21 Å². The van der Waals surface area contributed by atoms with Crippen LogP contribution in [0.25, 0.3) is 0 Å². The Bertz CT molecular complexity index is 220. The minimum absolute atomic E-state index is 0.714. The first-order valence-corrected chi connectivity index (χ1v) is 2.78. The highest BCUT2D eigenvalue weighted by Gasteiger charge is 1.95. The summed E-state index contributed by atoms with van der Waals surface area (Å²) in [6.07, 6.45) is 1.39. The van der Waals surface area contributed by atoms with Crippen LogP contribution in [-0.4, -0.2) is 0 Å². The second-order valence-corrected chi connectivity index (χ2v) is 2.07. The summed E-state index contributed by atoms with van der Waals surface area (Å²) in [6.45, 7) is 3.68. The monoisotopic (exact) mass is 122 g/mol. The molecule has 1 aromatic rings. The lowest BCUT2D eigenvalue weighted by atomic mass is 10.3. The van der Waals surface area contributed by atoms with Crippen LogP contribution in [-0.2, 0) is 0 Å². The van der Waals surface area contributed by atoms with Crippen molar-refractivity contribution in [3.63, 3.8) is 0 Å². The highest BCUT2D eigenvalue weighted by atomic mass is 16.5. The summed E-state index contributed by atoms with van der Waals surface area (Å²) in [5.74, 6) is 0. The van der Waals surface area contributed by atoms with Crippen LogP contribution in [0.2, 0.25) is 0 Å². The van der Waals surface area contributed by atoms with Crippen molar-refractivity contribution in [2.24, 2.45) is 0 Å². The van der Waals surface area contributed by atoms with Crippen molar-refractivity contribution < 1.29 is 4.73 Å². The predicted molar refractivity (Wildman–Crippen MR) is 33.7 cm³/mol. The summed E-state index contributed by atoms with van der Waals surface area (Å²) in [5.41, 5.74) is 1.71. The molecule has 0 amide bonds. The van der Waals surface area contributed by atoms with E-state index in [1.54, 1.807) is 13.0 Å². The lowest BCUT2D eigenvalue weighted by Crippen LogP contribution is -2.28. The van der Waals surface area contributed by atoms with E-state index in [4.69, 9.17) is 0 Å². The van der Waals surface area contributed by atoms with E-state index >= 15 is 0 Å². The Hall–Kier alpha value is -1.05. The van der Waals surface area contributed by atoms with Crippen LogP contribution < -0.4 is 4.73 Å². The van der Waals surface area contributed by atoms with Crippen LogP contribution in [0, 0.1) is 25.1 Å². The highest BCUT2D eigenvalue weighted by Crippen LogP contribution is 1.93. The Morgan fingerprint density at radius 3 is 2.67 bits per heavy atom. The normalized spacial score (nSPS) is 9.56. The van der Waals surface area contributed by atoms with Crippen molar-refractivity contribution in [1.29, 1.82) is 0 Å². The Kier molecular flexibility index (Phi) is 1.39. The molecule has 9 heavy (non-hydrogen) atoms. The molecule has 0 saturated carbocycles. The molecule has 0 aliphatic rings. The second-order valence-electron chi connectivity index (χ2n) is 2.07. The minimum Gasteiger partial charge on any atom is -0.618 e. The molecule has 1 aromatic heterocycles. The smallest absolute Gasteiger partial charge is 0.189 e. The zero-order chi connectivity index (χ0) is 6.85. The van der Waals surface area contributed by atoms with E-state index in [-0.39, 0.29) is 0 Å². The first-order chi connectivity index (χ1) is 4.20. The van der Waals surface area contributed by atoms with Crippen LogP contribution >= 0.6 is 0 Å².